The van der Waals surface area contributed by atoms with Crippen LogP contribution in [0.15, 0.2) is 24.5 Å². The van der Waals surface area contributed by atoms with Gasteiger partial charge in [-0.2, -0.15) is 0 Å². The fraction of sp³-hybridized carbons (Fsp3) is 0.455. The minimum absolute atomic E-state index is 0.200. The Morgan fingerprint density at radius 1 is 1.50 bits per heavy atom. The van der Waals surface area contributed by atoms with Crippen LogP contribution in [-0.4, -0.2) is 39.9 Å². The van der Waals surface area contributed by atoms with Crippen LogP contribution in [0.25, 0.3) is 0 Å². The lowest BCUT2D eigenvalue weighted by Crippen LogP contribution is -2.44. The molecule has 2 rings (SSSR count). The Labute approximate surface area is 99.2 Å². The molecule has 0 spiro atoms. The third-order valence-corrected chi connectivity index (χ3v) is 3.83. The zero-order valence-corrected chi connectivity index (χ0v) is 9.82. The summed E-state index contributed by atoms with van der Waals surface area (Å²) >= 11 is 1.66. The zero-order valence-electron chi connectivity index (χ0n) is 9.00. The molecule has 0 bridgehead atoms. The van der Waals surface area contributed by atoms with Gasteiger partial charge in [-0.1, -0.05) is 0 Å². The second kappa shape index (κ2) is 5.32. The molecule has 86 valence electrons. The van der Waals surface area contributed by atoms with E-state index in [4.69, 9.17) is 5.73 Å². The summed E-state index contributed by atoms with van der Waals surface area (Å²) in [7, 11) is 0. The summed E-state index contributed by atoms with van der Waals surface area (Å²) in [4.78, 5) is 17.5. The highest BCUT2D eigenvalue weighted by Crippen LogP contribution is 2.20. The molecule has 0 radical (unpaired) electrons. The summed E-state index contributed by atoms with van der Waals surface area (Å²) < 4.78 is 0. The molecule has 1 saturated heterocycles. The number of aromatic nitrogens is 1. The van der Waals surface area contributed by atoms with Crippen molar-refractivity contribution in [3.63, 3.8) is 0 Å². The number of hydrogen-bond donors (Lipinski definition) is 1. The Morgan fingerprint density at radius 3 is 2.94 bits per heavy atom. The topological polar surface area (TPSA) is 59.2 Å². The normalized spacial score (nSPS) is 21.2. The monoisotopic (exact) mass is 237 g/mol. The fourth-order valence-electron chi connectivity index (χ4n) is 1.68. The number of carbonyl (C=O) groups excluding carboxylic acids is 1. The van der Waals surface area contributed by atoms with Gasteiger partial charge in [-0.25, -0.2) is 0 Å². The molecule has 4 nitrogen and oxygen atoms in total. The highest BCUT2D eigenvalue weighted by Gasteiger charge is 2.24. The zero-order chi connectivity index (χ0) is 11.4. The molecule has 5 heteroatoms. The van der Waals surface area contributed by atoms with Gasteiger partial charge in [0.25, 0.3) is 0 Å². The van der Waals surface area contributed by atoms with Gasteiger partial charge in [0.15, 0.2) is 0 Å². The molecule has 1 unspecified atom stereocenters. The van der Waals surface area contributed by atoms with Crippen molar-refractivity contribution in [2.75, 3.05) is 18.8 Å². The maximum atomic E-state index is 11.7. The highest BCUT2D eigenvalue weighted by molar-refractivity contribution is 8.00. The maximum absolute atomic E-state index is 11.7. The van der Waals surface area contributed by atoms with E-state index in [1.807, 2.05) is 17.0 Å². The molecule has 0 saturated carbocycles. The van der Waals surface area contributed by atoms with Crippen LogP contribution in [0.1, 0.15) is 5.56 Å². The lowest BCUT2D eigenvalue weighted by Gasteiger charge is -2.31. The molecule has 2 N–H and O–H groups in total. The number of nitrogens with zero attached hydrogens (tertiary/aromatic N) is 2. The van der Waals surface area contributed by atoms with Crippen LogP contribution in [0, 0.1) is 0 Å². The first kappa shape index (κ1) is 11.4. The average Bonchev–Trinajstić information content (AvgIpc) is 2.33. The Hall–Kier alpha value is -1.07. The molecule has 1 fully saturated rings. The van der Waals surface area contributed by atoms with Crippen molar-refractivity contribution in [2.24, 2.45) is 5.73 Å². The minimum Gasteiger partial charge on any atom is -0.336 e. The summed E-state index contributed by atoms with van der Waals surface area (Å²) in [6, 6.07) is 3.87. The van der Waals surface area contributed by atoms with Gasteiger partial charge in [-0.15, -0.1) is 11.8 Å². The van der Waals surface area contributed by atoms with Gasteiger partial charge in [-0.05, 0) is 17.7 Å². The van der Waals surface area contributed by atoms with E-state index in [0.717, 1.165) is 12.1 Å². The number of pyridine rings is 1. The third kappa shape index (κ3) is 2.74. The van der Waals surface area contributed by atoms with Crippen molar-refractivity contribution in [3.8, 4) is 0 Å². The number of carbonyl (C=O) groups is 1. The molecular weight excluding hydrogens is 222 g/mol. The molecule has 1 aliphatic rings. The first-order chi connectivity index (χ1) is 7.79. The van der Waals surface area contributed by atoms with Crippen LogP contribution < -0.4 is 5.73 Å². The van der Waals surface area contributed by atoms with Crippen molar-refractivity contribution in [1.82, 2.24) is 9.88 Å². The van der Waals surface area contributed by atoms with Crippen LogP contribution in [0.5, 0.6) is 0 Å². The second-order valence-electron chi connectivity index (χ2n) is 3.80. The van der Waals surface area contributed by atoms with Gasteiger partial charge < -0.3 is 10.6 Å². The van der Waals surface area contributed by atoms with Crippen molar-refractivity contribution in [3.05, 3.63) is 30.1 Å². The van der Waals surface area contributed by atoms with Gasteiger partial charge in [0.05, 0.1) is 5.75 Å². The largest absolute Gasteiger partial charge is 0.336 e. The van der Waals surface area contributed by atoms with Crippen LogP contribution in [0.3, 0.4) is 0 Å². The Kier molecular flexibility index (Phi) is 3.79. The number of hydrogen-bond acceptors (Lipinski definition) is 4. The Balaban J connectivity index is 2.00. The SMILES string of the molecule is NCC1CN(Cc2ccncc2)C(=O)CS1. The summed E-state index contributed by atoms with van der Waals surface area (Å²) in [6.07, 6.45) is 3.50. The first-order valence-corrected chi connectivity index (χ1v) is 6.33. The lowest BCUT2D eigenvalue weighted by molar-refractivity contribution is -0.129. The average molecular weight is 237 g/mol. The first-order valence-electron chi connectivity index (χ1n) is 5.28. The summed E-state index contributed by atoms with van der Waals surface area (Å²) in [6.45, 7) is 2.05. The van der Waals surface area contributed by atoms with Gasteiger partial charge >= 0.3 is 0 Å². The Morgan fingerprint density at radius 2 is 2.25 bits per heavy atom. The van der Waals surface area contributed by atoms with E-state index in [0.29, 0.717) is 24.1 Å². The number of amides is 1. The van der Waals surface area contributed by atoms with E-state index in [-0.39, 0.29) is 5.91 Å². The number of nitrogens with two attached hydrogens (primary N) is 1. The second-order valence-corrected chi connectivity index (χ2v) is 5.09. The van der Waals surface area contributed by atoms with E-state index >= 15 is 0 Å². The van der Waals surface area contributed by atoms with E-state index in [2.05, 4.69) is 4.98 Å². The Bertz CT molecular complexity index is 358. The van der Waals surface area contributed by atoms with E-state index in [1.54, 1.807) is 24.2 Å². The molecule has 1 aromatic rings. The molecule has 1 aromatic heterocycles. The molecule has 1 aliphatic heterocycles. The van der Waals surface area contributed by atoms with Crippen molar-refractivity contribution >= 4 is 17.7 Å². The highest BCUT2D eigenvalue weighted by atomic mass is 32.2. The number of thioether (sulfide) groups is 1. The summed E-state index contributed by atoms with van der Waals surface area (Å²) in [5, 5.41) is 0.375. The molecule has 0 aromatic carbocycles. The quantitative estimate of drug-likeness (QED) is 0.831. The van der Waals surface area contributed by atoms with Crippen LogP contribution in [0.4, 0.5) is 0 Å². The van der Waals surface area contributed by atoms with Crippen LogP contribution >= 0.6 is 11.8 Å². The molecule has 2 heterocycles. The summed E-state index contributed by atoms with van der Waals surface area (Å²) in [5.74, 6) is 0.749. The fourth-order valence-corrected chi connectivity index (χ4v) is 2.67. The van der Waals surface area contributed by atoms with E-state index < -0.39 is 0 Å². The summed E-state index contributed by atoms with van der Waals surface area (Å²) in [5.41, 5.74) is 6.75. The lowest BCUT2D eigenvalue weighted by atomic mass is 10.2. The van der Waals surface area contributed by atoms with Gasteiger partial charge in [0, 0.05) is 37.3 Å². The smallest absolute Gasteiger partial charge is 0.232 e. The van der Waals surface area contributed by atoms with Crippen molar-refractivity contribution < 1.29 is 4.79 Å². The van der Waals surface area contributed by atoms with Gasteiger partial charge in [-0.3, -0.25) is 9.78 Å². The molecule has 0 aliphatic carbocycles. The van der Waals surface area contributed by atoms with Crippen LogP contribution in [-0.2, 0) is 11.3 Å². The van der Waals surface area contributed by atoms with E-state index in [1.165, 1.54) is 0 Å². The molecule has 1 amide bonds. The third-order valence-electron chi connectivity index (χ3n) is 2.60. The maximum Gasteiger partial charge on any atom is 0.232 e. The standard InChI is InChI=1S/C11H15N3OS/c12-5-10-7-14(11(15)8-16-10)6-9-1-3-13-4-2-9/h1-4,10H,5-8,12H2. The minimum atomic E-state index is 0.200. The van der Waals surface area contributed by atoms with Crippen molar-refractivity contribution in [2.45, 2.75) is 11.8 Å². The van der Waals surface area contributed by atoms with Crippen LogP contribution in [0.2, 0.25) is 0 Å². The predicted molar refractivity (Wildman–Crippen MR) is 65.0 cm³/mol. The van der Waals surface area contributed by atoms with E-state index in [9.17, 15) is 4.79 Å². The predicted octanol–water partition coefficient (Wildman–Crippen LogP) is 0.484. The van der Waals surface area contributed by atoms with Gasteiger partial charge in [0.1, 0.15) is 0 Å². The van der Waals surface area contributed by atoms with Gasteiger partial charge in [0.2, 0.25) is 5.91 Å². The molecule has 1 atom stereocenters. The van der Waals surface area contributed by atoms with Crippen molar-refractivity contribution in [1.29, 1.82) is 0 Å². The molecule has 16 heavy (non-hydrogen) atoms. The molecular formula is C11H15N3OS. The number of rotatable bonds is 3.